The minimum absolute atomic E-state index is 0.138. The fourth-order valence-electron chi connectivity index (χ4n) is 2.66. The fraction of sp³-hybridized carbons (Fsp3) is 0.529. The lowest BCUT2D eigenvalue weighted by Crippen LogP contribution is -2.31. The number of nitrogens with zero attached hydrogens (tertiary/aromatic N) is 2. The van der Waals surface area contributed by atoms with Crippen molar-refractivity contribution < 1.29 is 4.79 Å². The molecule has 1 aliphatic heterocycles. The first kappa shape index (κ1) is 14.6. The summed E-state index contributed by atoms with van der Waals surface area (Å²) < 4.78 is 0. The van der Waals surface area contributed by atoms with Gasteiger partial charge in [-0.15, -0.1) is 0 Å². The van der Waals surface area contributed by atoms with E-state index in [2.05, 4.69) is 26.8 Å². The minimum atomic E-state index is -0.237. The molecule has 0 spiro atoms. The van der Waals surface area contributed by atoms with Crippen LogP contribution in [-0.4, -0.2) is 23.9 Å². The molecule has 1 amide bonds. The van der Waals surface area contributed by atoms with Gasteiger partial charge in [-0.05, 0) is 16.9 Å². The van der Waals surface area contributed by atoms with Crippen molar-refractivity contribution >= 4 is 5.91 Å². The van der Waals surface area contributed by atoms with E-state index < -0.39 is 0 Å². The Balaban J connectivity index is 2.07. The molecule has 1 aromatic carbocycles. The number of carbonyl (C=O) groups is 1. The lowest BCUT2D eigenvalue weighted by Gasteiger charge is -2.27. The topological polar surface area (TPSA) is 44.1 Å². The Kier molecular flexibility index (Phi) is 4.13. The third-order valence-corrected chi connectivity index (χ3v) is 4.20. The maximum atomic E-state index is 12.1. The summed E-state index contributed by atoms with van der Waals surface area (Å²) in [5, 5.41) is 9.36. The molecule has 0 aliphatic carbocycles. The standard InChI is InChI=1S/C17H22N2O/c1-17(2,3)15-9-16(20)19(12-15)11-14(10-18)13-7-5-4-6-8-13/h4-8,14-15H,9,11-12H2,1-3H3. The van der Waals surface area contributed by atoms with E-state index in [4.69, 9.17) is 0 Å². The highest BCUT2D eigenvalue weighted by Gasteiger charge is 2.37. The Morgan fingerprint density at radius 1 is 1.35 bits per heavy atom. The summed E-state index contributed by atoms with van der Waals surface area (Å²) in [6, 6.07) is 12.0. The van der Waals surface area contributed by atoms with Crippen molar-refractivity contribution in [1.82, 2.24) is 4.90 Å². The summed E-state index contributed by atoms with van der Waals surface area (Å²) in [6.45, 7) is 7.80. The SMILES string of the molecule is CC(C)(C)C1CC(=O)N(CC(C#N)c2ccccc2)C1. The molecule has 1 fully saturated rings. The van der Waals surface area contributed by atoms with Crippen LogP contribution < -0.4 is 0 Å². The number of likely N-dealkylation sites (tertiary alicyclic amines) is 1. The van der Waals surface area contributed by atoms with Crippen LogP contribution in [0.1, 0.15) is 38.7 Å². The van der Waals surface area contributed by atoms with Gasteiger partial charge in [-0.25, -0.2) is 0 Å². The smallest absolute Gasteiger partial charge is 0.222 e. The van der Waals surface area contributed by atoms with Crippen LogP contribution in [0.2, 0.25) is 0 Å². The Hall–Kier alpha value is -1.82. The summed E-state index contributed by atoms with van der Waals surface area (Å²) in [5.41, 5.74) is 1.13. The van der Waals surface area contributed by atoms with E-state index in [1.54, 1.807) is 0 Å². The summed E-state index contributed by atoms with van der Waals surface area (Å²) in [6.07, 6.45) is 0.608. The maximum Gasteiger partial charge on any atom is 0.222 e. The molecule has 2 unspecified atom stereocenters. The van der Waals surface area contributed by atoms with E-state index in [1.165, 1.54) is 0 Å². The van der Waals surface area contributed by atoms with Gasteiger partial charge in [0.05, 0.1) is 12.0 Å². The highest BCUT2D eigenvalue weighted by molar-refractivity contribution is 5.78. The number of hydrogen-bond acceptors (Lipinski definition) is 2. The molecule has 1 aliphatic rings. The second-order valence-corrected chi connectivity index (χ2v) is 6.66. The van der Waals surface area contributed by atoms with Gasteiger partial charge in [-0.1, -0.05) is 51.1 Å². The molecule has 0 N–H and O–H groups in total. The molecule has 106 valence electrons. The second kappa shape index (κ2) is 5.66. The highest BCUT2D eigenvalue weighted by Crippen LogP contribution is 2.35. The molecule has 0 bridgehead atoms. The van der Waals surface area contributed by atoms with Crippen LogP contribution in [0.5, 0.6) is 0 Å². The van der Waals surface area contributed by atoms with Gasteiger partial charge >= 0.3 is 0 Å². The Labute approximate surface area is 121 Å². The van der Waals surface area contributed by atoms with Crippen molar-refractivity contribution in [2.24, 2.45) is 11.3 Å². The van der Waals surface area contributed by atoms with Crippen LogP contribution in [0.15, 0.2) is 30.3 Å². The number of amides is 1. The summed E-state index contributed by atoms with van der Waals surface area (Å²) in [4.78, 5) is 14.0. The molecule has 1 heterocycles. The van der Waals surface area contributed by atoms with Crippen molar-refractivity contribution in [2.75, 3.05) is 13.1 Å². The van der Waals surface area contributed by atoms with E-state index in [1.807, 2.05) is 35.2 Å². The Morgan fingerprint density at radius 2 is 2.00 bits per heavy atom. The predicted octanol–water partition coefficient (Wildman–Crippen LogP) is 3.19. The normalized spacial score (nSPS) is 20.8. The molecule has 2 rings (SSSR count). The second-order valence-electron chi connectivity index (χ2n) is 6.66. The van der Waals surface area contributed by atoms with Crippen LogP contribution in [0.25, 0.3) is 0 Å². The molecule has 3 nitrogen and oxygen atoms in total. The number of rotatable bonds is 3. The van der Waals surface area contributed by atoms with Crippen molar-refractivity contribution in [2.45, 2.75) is 33.1 Å². The molecule has 0 radical (unpaired) electrons. The van der Waals surface area contributed by atoms with E-state index in [-0.39, 0.29) is 17.2 Å². The summed E-state index contributed by atoms with van der Waals surface area (Å²) >= 11 is 0. The molecular weight excluding hydrogens is 248 g/mol. The largest absolute Gasteiger partial charge is 0.341 e. The molecule has 2 atom stereocenters. The number of carbonyl (C=O) groups excluding carboxylic acids is 1. The van der Waals surface area contributed by atoms with Gasteiger partial charge in [-0.3, -0.25) is 4.79 Å². The van der Waals surface area contributed by atoms with E-state index in [0.717, 1.165) is 12.1 Å². The summed E-state index contributed by atoms with van der Waals surface area (Å²) in [7, 11) is 0. The number of hydrogen-bond donors (Lipinski definition) is 0. The molecule has 20 heavy (non-hydrogen) atoms. The minimum Gasteiger partial charge on any atom is -0.341 e. The highest BCUT2D eigenvalue weighted by atomic mass is 16.2. The van der Waals surface area contributed by atoms with Gasteiger partial charge in [-0.2, -0.15) is 5.26 Å². The average Bonchev–Trinajstić information content (AvgIpc) is 2.78. The van der Waals surface area contributed by atoms with Gasteiger partial charge in [0.1, 0.15) is 0 Å². The molecule has 1 saturated heterocycles. The van der Waals surface area contributed by atoms with Crippen molar-refractivity contribution in [3.63, 3.8) is 0 Å². The zero-order chi connectivity index (χ0) is 14.8. The third kappa shape index (κ3) is 3.19. The predicted molar refractivity (Wildman–Crippen MR) is 78.9 cm³/mol. The number of nitriles is 1. The van der Waals surface area contributed by atoms with Crippen LogP contribution in [0.3, 0.4) is 0 Å². The van der Waals surface area contributed by atoms with Crippen LogP contribution in [0.4, 0.5) is 0 Å². The molecule has 1 aromatic rings. The van der Waals surface area contributed by atoms with E-state index >= 15 is 0 Å². The van der Waals surface area contributed by atoms with Gasteiger partial charge in [0.15, 0.2) is 0 Å². The van der Waals surface area contributed by atoms with Crippen LogP contribution in [0, 0.1) is 22.7 Å². The Bertz CT molecular complexity index is 510. The van der Waals surface area contributed by atoms with Crippen molar-refractivity contribution in [3.8, 4) is 6.07 Å². The van der Waals surface area contributed by atoms with Gasteiger partial charge in [0, 0.05) is 19.5 Å². The first-order valence-corrected chi connectivity index (χ1v) is 7.14. The Morgan fingerprint density at radius 3 is 2.50 bits per heavy atom. The first-order chi connectivity index (χ1) is 9.41. The third-order valence-electron chi connectivity index (χ3n) is 4.20. The van der Waals surface area contributed by atoms with E-state index in [9.17, 15) is 10.1 Å². The van der Waals surface area contributed by atoms with Gasteiger partial charge in [0.2, 0.25) is 5.91 Å². The quantitative estimate of drug-likeness (QED) is 0.846. The fourth-order valence-corrected chi connectivity index (χ4v) is 2.66. The average molecular weight is 270 g/mol. The zero-order valence-electron chi connectivity index (χ0n) is 12.5. The summed E-state index contributed by atoms with van der Waals surface area (Å²) in [5.74, 6) is 0.324. The van der Waals surface area contributed by atoms with Crippen molar-refractivity contribution in [1.29, 1.82) is 5.26 Å². The molecular formula is C17H22N2O. The molecule has 0 saturated carbocycles. The molecule has 3 heteroatoms. The lowest BCUT2D eigenvalue weighted by atomic mass is 9.80. The van der Waals surface area contributed by atoms with Crippen LogP contribution in [-0.2, 0) is 4.79 Å². The lowest BCUT2D eigenvalue weighted by molar-refractivity contribution is -0.127. The maximum absolute atomic E-state index is 12.1. The zero-order valence-corrected chi connectivity index (χ0v) is 12.5. The van der Waals surface area contributed by atoms with Crippen molar-refractivity contribution in [3.05, 3.63) is 35.9 Å². The van der Waals surface area contributed by atoms with E-state index in [0.29, 0.717) is 18.9 Å². The van der Waals surface area contributed by atoms with Gasteiger partial charge in [0.25, 0.3) is 0 Å². The molecule has 0 aromatic heterocycles. The van der Waals surface area contributed by atoms with Crippen LogP contribution >= 0.6 is 0 Å². The first-order valence-electron chi connectivity index (χ1n) is 7.14. The number of benzene rings is 1. The van der Waals surface area contributed by atoms with Gasteiger partial charge < -0.3 is 4.90 Å². The monoisotopic (exact) mass is 270 g/mol.